The van der Waals surface area contributed by atoms with E-state index >= 15 is 0 Å². The molecule has 0 atom stereocenters. The zero-order chi connectivity index (χ0) is 25.8. The first-order valence-electron chi connectivity index (χ1n) is 11.2. The second-order valence-electron chi connectivity index (χ2n) is 8.14. The number of carbonyl (C=O) groups excluding carboxylic acids is 2. The summed E-state index contributed by atoms with van der Waals surface area (Å²) in [6, 6.07) is 16.3. The predicted molar refractivity (Wildman–Crippen MR) is 130 cm³/mol. The summed E-state index contributed by atoms with van der Waals surface area (Å²) in [5, 5.41) is 6.76. The molecule has 0 saturated heterocycles. The maximum Gasteiger partial charge on any atom is 0.258 e. The van der Waals surface area contributed by atoms with Crippen molar-refractivity contribution >= 4 is 17.5 Å². The fourth-order valence-corrected chi connectivity index (χ4v) is 3.65. The van der Waals surface area contributed by atoms with E-state index in [2.05, 4.69) is 10.4 Å². The summed E-state index contributed by atoms with van der Waals surface area (Å²) in [5.74, 6) is -3.49. The molecule has 6 nitrogen and oxygen atoms in total. The van der Waals surface area contributed by atoms with E-state index < -0.39 is 41.5 Å². The van der Waals surface area contributed by atoms with Crippen LogP contribution in [0.25, 0.3) is 16.9 Å². The van der Waals surface area contributed by atoms with E-state index in [9.17, 15) is 22.8 Å². The lowest BCUT2D eigenvalue weighted by atomic mass is 10.1. The van der Waals surface area contributed by atoms with E-state index in [1.165, 1.54) is 46.1 Å². The molecule has 0 fully saturated rings. The van der Waals surface area contributed by atoms with Crippen LogP contribution in [0.1, 0.15) is 22.8 Å². The molecule has 9 heteroatoms. The van der Waals surface area contributed by atoms with Gasteiger partial charge in [0.1, 0.15) is 35.4 Å². The number of nitrogens with zero attached hydrogens (tertiary/aromatic N) is 3. The molecular formula is C27H23F3N4O2. The Balaban J connectivity index is 1.66. The number of aryl methyl sites for hydroxylation is 1. The molecule has 4 aromatic rings. The number of nitrogens with one attached hydrogen (secondary N) is 1. The van der Waals surface area contributed by atoms with Crippen LogP contribution in [0.3, 0.4) is 0 Å². The standard InChI is InChI=1S/C27H23F3N4O2/c1-3-33(16-24(35)31-26-22(29)5-4-6-23(26)30)27(36)21-15-34(20-13-11-19(28)12-14-20)32-25(21)18-9-7-17(2)8-10-18/h4-15H,3,16H2,1-2H3,(H,31,35). The van der Waals surface area contributed by atoms with Crippen LogP contribution >= 0.6 is 0 Å². The third kappa shape index (κ3) is 5.30. The van der Waals surface area contributed by atoms with Crippen molar-refractivity contribution in [3.8, 4) is 16.9 Å². The topological polar surface area (TPSA) is 67.2 Å². The van der Waals surface area contributed by atoms with Gasteiger partial charge in [-0.05, 0) is 50.2 Å². The number of halogens is 3. The fraction of sp³-hybridized carbons (Fsp3) is 0.148. The summed E-state index contributed by atoms with van der Waals surface area (Å²) in [4.78, 5) is 27.4. The highest BCUT2D eigenvalue weighted by Gasteiger charge is 2.25. The number of aromatic nitrogens is 2. The smallest absolute Gasteiger partial charge is 0.258 e. The lowest BCUT2D eigenvalue weighted by Crippen LogP contribution is -2.38. The Morgan fingerprint density at radius 2 is 1.58 bits per heavy atom. The van der Waals surface area contributed by atoms with E-state index in [1.807, 2.05) is 31.2 Å². The van der Waals surface area contributed by atoms with Crippen LogP contribution in [0, 0.1) is 24.4 Å². The SMILES string of the molecule is CCN(CC(=O)Nc1c(F)cccc1F)C(=O)c1cn(-c2ccc(F)cc2)nc1-c1ccc(C)cc1. The maximum absolute atomic E-state index is 13.9. The Bertz CT molecular complexity index is 1380. The first-order valence-corrected chi connectivity index (χ1v) is 11.2. The van der Waals surface area contributed by atoms with Crippen LogP contribution in [0.5, 0.6) is 0 Å². The zero-order valence-electron chi connectivity index (χ0n) is 19.6. The van der Waals surface area contributed by atoms with Crippen molar-refractivity contribution < 1.29 is 22.8 Å². The van der Waals surface area contributed by atoms with Gasteiger partial charge in [0, 0.05) is 18.3 Å². The molecule has 3 aromatic carbocycles. The highest BCUT2D eigenvalue weighted by molar-refractivity contribution is 6.03. The summed E-state index contributed by atoms with van der Waals surface area (Å²) < 4.78 is 42.8. The first kappa shape index (κ1) is 24.7. The number of amides is 2. The minimum Gasteiger partial charge on any atom is -0.329 e. The molecule has 0 radical (unpaired) electrons. The van der Waals surface area contributed by atoms with Crippen LogP contribution in [0.15, 0.2) is 72.9 Å². The zero-order valence-corrected chi connectivity index (χ0v) is 19.6. The number of hydrogen-bond acceptors (Lipinski definition) is 3. The monoisotopic (exact) mass is 492 g/mol. The lowest BCUT2D eigenvalue weighted by Gasteiger charge is -2.20. The molecule has 0 saturated carbocycles. The molecule has 36 heavy (non-hydrogen) atoms. The van der Waals surface area contributed by atoms with Crippen molar-refractivity contribution in [1.82, 2.24) is 14.7 Å². The number of hydrogen-bond donors (Lipinski definition) is 1. The second kappa shape index (κ2) is 10.5. The highest BCUT2D eigenvalue weighted by atomic mass is 19.1. The number of benzene rings is 3. The number of rotatable bonds is 7. The Kier molecular flexibility index (Phi) is 7.19. The second-order valence-corrected chi connectivity index (χ2v) is 8.14. The molecule has 4 rings (SSSR count). The van der Waals surface area contributed by atoms with Gasteiger partial charge in [0.15, 0.2) is 0 Å². The molecule has 2 amide bonds. The summed E-state index contributed by atoms with van der Waals surface area (Å²) >= 11 is 0. The Morgan fingerprint density at radius 3 is 2.19 bits per heavy atom. The van der Waals surface area contributed by atoms with Gasteiger partial charge in [-0.25, -0.2) is 17.9 Å². The van der Waals surface area contributed by atoms with Crippen molar-refractivity contribution in [2.45, 2.75) is 13.8 Å². The molecule has 0 spiro atoms. The lowest BCUT2D eigenvalue weighted by molar-refractivity contribution is -0.116. The molecule has 1 aromatic heterocycles. The normalized spacial score (nSPS) is 10.8. The minimum absolute atomic E-state index is 0.154. The van der Waals surface area contributed by atoms with Crippen LogP contribution in [0.2, 0.25) is 0 Å². The van der Waals surface area contributed by atoms with E-state index in [-0.39, 0.29) is 12.1 Å². The molecule has 0 bridgehead atoms. The van der Waals surface area contributed by atoms with Crippen molar-refractivity contribution in [3.05, 3.63) is 102 Å². The molecule has 0 aliphatic carbocycles. The average molecular weight is 493 g/mol. The number of likely N-dealkylation sites (N-methyl/N-ethyl adjacent to an activating group) is 1. The van der Waals surface area contributed by atoms with E-state index in [1.54, 1.807) is 6.92 Å². The molecule has 0 aliphatic rings. The number of carbonyl (C=O) groups is 2. The number of para-hydroxylation sites is 1. The van der Waals surface area contributed by atoms with E-state index in [0.717, 1.165) is 17.7 Å². The molecule has 0 aliphatic heterocycles. The van der Waals surface area contributed by atoms with Crippen molar-refractivity contribution in [3.63, 3.8) is 0 Å². The number of anilines is 1. The Hall–Kier alpha value is -4.40. The van der Waals surface area contributed by atoms with E-state index in [4.69, 9.17) is 0 Å². The first-order chi connectivity index (χ1) is 17.3. The molecule has 1 N–H and O–H groups in total. The summed E-state index contributed by atoms with van der Waals surface area (Å²) in [6.45, 7) is 3.34. The predicted octanol–water partition coefficient (Wildman–Crippen LogP) is 5.37. The summed E-state index contributed by atoms with van der Waals surface area (Å²) in [7, 11) is 0. The van der Waals surface area contributed by atoms with Crippen LogP contribution in [0.4, 0.5) is 18.9 Å². The van der Waals surface area contributed by atoms with Gasteiger partial charge in [0.2, 0.25) is 5.91 Å². The summed E-state index contributed by atoms with van der Waals surface area (Å²) in [6.07, 6.45) is 1.52. The van der Waals surface area contributed by atoms with Crippen molar-refractivity contribution in [1.29, 1.82) is 0 Å². The van der Waals surface area contributed by atoms with Gasteiger partial charge in [-0.15, -0.1) is 0 Å². The molecular weight excluding hydrogens is 469 g/mol. The van der Waals surface area contributed by atoms with Gasteiger partial charge >= 0.3 is 0 Å². The van der Waals surface area contributed by atoms with Gasteiger partial charge in [0.25, 0.3) is 5.91 Å². The Labute approximate surface area is 206 Å². The Morgan fingerprint density at radius 1 is 0.944 bits per heavy atom. The molecule has 0 unspecified atom stereocenters. The van der Waals surface area contributed by atoms with Crippen LogP contribution in [-0.2, 0) is 4.79 Å². The van der Waals surface area contributed by atoms with Gasteiger partial charge in [-0.3, -0.25) is 9.59 Å². The maximum atomic E-state index is 13.9. The van der Waals surface area contributed by atoms with Crippen LogP contribution in [-0.4, -0.2) is 39.6 Å². The quantitative estimate of drug-likeness (QED) is 0.377. The third-order valence-corrected chi connectivity index (χ3v) is 5.59. The van der Waals surface area contributed by atoms with E-state index in [0.29, 0.717) is 16.9 Å². The van der Waals surface area contributed by atoms with Gasteiger partial charge < -0.3 is 10.2 Å². The van der Waals surface area contributed by atoms with Gasteiger partial charge in [0.05, 0.1) is 11.3 Å². The van der Waals surface area contributed by atoms with Gasteiger partial charge in [-0.1, -0.05) is 35.9 Å². The third-order valence-electron chi connectivity index (χ3n) is 5.59. The van der Waals surface area contributed by atoms with Gasteiger partial charge in [-0.2, -0.15) is 5.10 Å². The average Bonchev–Trinajstić information content (AvgIpc) is 3.31. The molecule has 1 heterocycles. The van der Waals surface area contributed by atoms with Crippen molar-refractivity contribution in [2.75, 3.05) is 18.4 Å². The largest absolute Gasteiger partial charge is 0.329 e. The molecule has 184 valence electrons. The fourth-order valence-electron chi connectivity index (χ4n) is 3.65. The van der Waals surface area contributed by atoms with Crippen molar-refractivity contribution in [2.24, 2.45) is 0 Å². The minimum atomic E-state index is -0.917. The van der Waals surface area contributed by atoms with Crippen LogP contribution < -0.4 is 5.32 Å². The highest BCUT2D eigenvalue weighted by Crippen LogP contribution is 2.26. The summed E-state index contributed by atoms with van der Waals surface area (Å²) in [5.41, 5.74) is 2.27.